The Labute approximate surface area is 132 Å². The monoisotopic (exact) mass is 348 g/mol. The summed E-state index contributed by atoms with van der Waals surface area (Å²) in [6.07, 6.45) is 5.71. The van der Waals surface area contributed by atoms with E-state index < -0.39 is 0 Å². The molecule has 1 saturated heterocycles. The molecule has 2 heterocycles. The number of aromatic nitrogens is 3. The lowest BCUT2D eigenvalue weighted by atomic mass is 10.0. The van der Waals surface area contributed by atoms with Crippen molar-refractivity contribution in [1.82, 2.24) is 19.7 Å². The number of hydrogen-bond acceptors (Lipinski definition) is 3. The van der Waals surface area contributed by atoms with Crippen LogP contribution in [0.3, 0.4) is 0 Å². The quantitative estimate of drug-likeness (QED) is 0.853. The van der Waals surface area contributed by atoms with Gasteiger partial charge in [0.1, 0.15) is 12.7 Å². The number of likely N-dealkylation sites (tertiary alicyclic amines) is 1. The summed E-state index contributed by atoms with van der Waals surface area (Å²) in [5.74, 6) is 0.191. The first-order valence-electron chi connectivity index (χ1n) is 7.11. The van der Waals surface area contributed by atoms with Gasteiger partial charge in [0.05, 0.1) is 12.6 Å². The zero-order valence-corrected chi connectivity index (χ0v) is 13.2. The molecule has 1 fully saturated rings. The van der Waals surface area contributed by atoms with Crippen LogP contribution in [0.15, 0.2) is 41.4 Å². The maximum Gasteiger partial charge on any atom is 0.224 e. The van der Waals surface area contributed by atoms with E-state index in [9.17, 15) is 4.79 Å². The van der Waals surface area contributed by atoms with E-state index in [2.05, 4.69) is 38.1 Å². The highest BCUT2D eigenvalue weighted by molar-refractivity contribution is 9.10. The summed E-state index contributed by atoms with van der Waals surface area (Å²) in [6, 6.07) is 8.47. The molecule has 1 aromatic heterocycles. The van der Waals surface area contributed by atoms with E-state index in [1.165, 1.54) is 11.9 Å². The molecule has 3 rings (SSSR count). The molecule has 1 amide bonds. The average molecular weight is 349 g/mol. The van der Waals surface area contributed by atoms with Crippen molar-refractivity contribution < 1.29 is 4.79 Å². The van der Waals surface area contributed by atoms with Crippen LogP contribution in [0.2, 0.25) is 0 Å². The number of carbonyl (C=O) groups is 1. The van der Waals surface area contributed by atoms with Gasteiger partial charge in [-0.15, -0.1) is 0 Å². The SMILES string of the molecule is O=C(CCn1cncn1)N1CCC[C@H]1c1ccc(Br)cc1. The van der Waals surface area contributed by atoms with Gasteiger partial charge in [0, 0.05) is 17.4 Å². The number of aryl methyl sites for hydroxylation is 1. The van der Waals surface area contributed by atoms with Crippen molar-refractivity contribution in [3.8, 4) is 0 Å². The van der Waals surface area contributed by atoms with Crippen LogP contribution >= 0.6 is 15.9 Å². The van der Waals surface area contributed by atoms with E-state index in [0.717, 1.165) is 23.9 Å². The first-order valence-corrected chi connectivity index (χ1v) is 7.91. The Morgan fingerprint density at radius 1 is 1.33 bits per heavy atom. The van der Waals surface area contributed by atoms with E-state index in [-0.39, 0.29) is 11.9 Å². The molecule has 1 aliphatic heterocycles. The molecule has 0 unspecified atom stereocenters. The third kappa shape index (κ3) is 3.32. The lowest BCUT2D eigenvalue weighted by Gasteiger charge is -2.25. The smallest absolute Gasteiger partial charge is 0.224 e. The van der Waals surface area contributed by atoms with Crippen molar-refractivity contribution in [3.63, 3.8) is 0 Å². The van der Waals surface area contributed by atoms with Gasteiger partial charge >= 0.3 is 0 Å². The first kappa shape index (κ1) is 14.3. The predicted octanol–water partition coefficient (Wildman–Crippen LogP) is 2.79. The van der Waals surface area contributed by atoms with Gasteiger partial charge in [-0.2, -0.15) is 5.10 Å². The maximum atomic E-state index is 12.4. The molecule has 2 aromatic rings. The van der Waals surface area contributed by atoms with Gasteiger partial charge in [0.2, 0.25) is 5.91 Å². The minimum Gasteiger partial charge on any atom is -0.336 e. The largest absolute Gasteiger partial charge is 0.336 e. The molecule has 1 aromatic carbocycles. The third-order valence-electron chi connectivity index (χ3n) is 3.85. The van der Waals surface area contributed by atoms with Crippen LogP contribution in [-0.4, -0.2) is 32.1 Å². The molecule has 0 saturated carbocycles. The van der Waals surface area contributed by atoms with Gasteiger partial charge in [0.15, 0.2) is 0 Å². The summed E-state index contributed by atoms with van der Waals surface area (Å²) in [5, 5.41) is 4.03. The number of nitrogens with zero attached hydrogens (tertiary/aromatic N) is 4. The molecule has 0 N–H and O–H groups in total. The van der Waals surface area contributed by atoms with Crippen LogP contribution in [0.1, 0.15) is 30.9 Å². The number of halogens is 1. The van der Waals surface area contributed by atoms with E-state index in [1.54, 1.807) is 11.0 Å². The van der Waals surface area contributed by atoms with Crippen LogP contribution in [-0.2, 0) is 11.3 Å². The molecule has 0 aliphatic carbocycles. The van der Waals surface area contributed by atoms with Crippen molar-refractivity contribution >= 4 is 21.8 Å². The lowest BCUT2D eigenvalue weighted by molar-refractivity contribution is -0.132. The summed E-state index contributed by atoms with van der Waals surface area (Å²) in [5.41, 5.74) is 1.21. The zero-order valence-electron chi connectivity index (χ0n) is 11.7. The fourth-order valence-electron chi connectivity index (χ4n) is 2.80. The van der Waals surface area contributed by atoms with E-state index in [4.69, 9.17) is 0 Å². The van der Waals surface area contributed by atoms with Crippen LogP contribution < -0.4 is 0 Å². The molecule has 1 aliphatic rings. The zero-order chi connectivity index (χ0) is 14.7. The van der Waals surface area contributed by atoms with Gasteiger partial charge in [0.25, 0.3) is 0 Å². The molecule has 0 spiro atoms. The minimum atomic E-state index is 0.191. The Morgan fingerprint density at radius 2 is 2.14 bits per heavy atom. The van der Waals surface area contributed by atoms with Crippen LogP contribution in [0.5, 0.6) is 0 Å². The first-order chi connectivity index (χ1) is 10.2. The Balaban J connectivity index is 1.65. The second kappa shape index (κ2) is 6.39. The molecule has 21 heavy (non-hydrogen) atoms. The van der Waals surface area contributed by atoms with Crippen molar-refractivity contribution in [1.29, 1.82) is 0 Å². The van der Waals surface area contributed by atoms with Crippen molar-refractivity contribution in [2.24, 2.45) is 0 Å². The third-order valence-corrected chi connectivity index (χ3v) is 4.38. The Bertz CT molecular complexity index is 597. The van der Waals surface area contributed by atoms with Crippen LogP contribution in [0, 0.1) is 0 Å². The molecule has 1 atom stereocenters. The molecular weight excluding hydrogens is 332 g/mol. The second-order valence-electron chi connectivity index (χ2n) is 5.21. The lowest BCUT2D eigenvalue weighted by Crippen LogP contribution is -2.31. The van der Waals surface area contributed by atoms with Gasteiger partial charge in [-0.1, -0.05) is 28.1 Å². The van der Waals surface area contributed by atoms with Gasteiger partial charge in [-0.3, -0.25) is 9.48 Å². The van der Waals surface area contributed by atoms with Crippen molar-refractivity contribution in [3.05, 3.63) is 47.0 Å². The standard InChI is InChI=1S/C15H17BrN4O/c16-13-5-3-12(4-6-13)14-2-1-8-20(14)15(21)7-9-19-11-17-10-18-19/h3-6,10-11,14H,1-2,7-9H2/t14-/m0/s1. The highest BCUT2D eigenvalue weighted by atomic mass is 79.9. The number of carbonyl (C=O) groups excluding carboxylic acids is 1. The predicted molar refractivity (Wildman–Crippen MR) is 82.5 cm³/mol. The average Bonchev–Trinajstić information content (AvgIpc) is 3.17. The molecule has 0 bridgehead atoms. The summed E-state index contributed by atoms with van der Waals surface area (Å²) in [7, 11) is 0. The molecule has 6 heteroatoms. The van der Waals surface area contributed by atoms with Crippen molar-refractivity contribution in [2.45, 2.75) is 31.8 Å². The summed E-state index contributed by atoms with van der Waals surface area (Å²) >= 11 is 3.45. The maximum absolute atomic E-state index is 12.4. The normalized spacial score (nSPS) is 18.1. The summed E-state index contributed by atoms with van der Waals surface area (Å²) in [4.78, 5) is 18.3. The molecule has 0 radical (unpaired) electrons. The van der Waals surface area contributed by atoms with Crippen LogP contribution in [0.4, 0.5) is 0 Å². The Hall–Kier alpha value is -1.69. The summed E-state index contributed by atoms with van der Waals surface area (Å²) < 4.78 is 2.76. The number of hydrogen-bond donors (Lipinski definition) is 0. The van der Waals surface area contributed by atoms with Crippen molar-refractivity contribution in [2.75, 3.05) is 6.54 Å². The van der Waals surface area contributed by atoms with E-state index in [1.807, 2.05) is 17.0 Å². The highest BCUT2D eigenvalue weighted by Crippen LogP contribution is 2.32. The van der Waals surface area contributed by atoms with Gasteiger partial charge in [-0.05, 0) is 30.5 Å². The topological polar surface area (TPSA) is 51.0 Å². The minimum absolute atomic E-state index is 0.191. The Kier molecular flexibility index (Phi) is 4.34. The number of rotatable bonds is 4. The fourth-order valence-corrected chi connectivity index (χ4v) is 3.06. The number of amides is 1. The van der Waals surface area contributed by atoms with Crippen LogP contribution in [0.25, 0.3) is 0 Å². The molecule has 110 valence electrons. The van der Waals surface area contributed by atoms with Gasteiger partial charge in [-0.25, -0.2) is 4.98 Å². The highest BCUT2D eigenvalue weighted by Gasteiger charge is 2.29. The Morgan fingerprint density at radius 3 is 2.86 bits per heavy atom. The second-order valence-corrected chi connectivity index (χ2v) is 6.12. The van der Waals surface area contributed by atoms with Gasteiger partial charge < -0.3 is 4.90 Å². The fraction of sp³-hybridized carbons (Fsp3) is 0.400. The summed E-state index contributed by atoms with van der Waals surface area (Å²) in [6.45, 7) is 1.43. The molecular formula is C15H17BrN4O. The van der Waals surface area contributed by atoms with E-state index in [0.29, 0.717) is 13.0 Å². The molecule has 5 nitrogen and oxygen atoms in total. The number of benzene rings is 1. The van der Waals surface area contributed by atoms with E-state index >= 15 is 0 Å².